The first-order valence-electron chi connectivity index (χ1n) is 7.31. The molecule has 1 atom stereocenters. The van der Waals surface area contributed by atoms with E-state index in [-0.39, 0.29) is 0 Å². The van der Waals surface area contributed by atoms with Crippen LogP contribution < -0.4 is 15.0 Å². The van der Waals surface area contributed by atoms with Gasteiger partial charge < -0.3 is 15.0 Å². The van der Waals surface area contributed by atoms with Crippen LogP contribution in [0.4, 0.5) is 5.69 Å². The molecule has 1 fully saturated rings. The summed E-state index contributed by atoms with van der Waals surface area (Å²) in [6.45, 7) is 5.72. The number of likely N-dealkylation sites (N-methyl/N-ethyl adjacent to an activating group) is 1. The topological polar surface area (TPSA) is 24.5 Å². The summed E-state index contributed by atoms with van der Waals surface area (Å²) in [5.41, 5.74) is 4.28. The highest BCUT2D eigenvalue weighted by atomic mass is 16.5. The predicted molar refractivity (Wildman–Crippen MR) is 79.3 cm³/mol. The molecule has 3 rings (SSSR count). The van der Waals surface area contributed by atoms with Crippen molar-refractivity contribution in [3.8, 4) is 5.75 Å². The lowest BCUT2D eigenvalue weighted by molar-refractivity contribution is 0.326. The van der Waals surface area contributed by atoms with Gasteiger partial charge in [0.1, 0.15) is 5.75 Å². The SMILES string of the molecule is COc1ccc(C)c2c1N(C)CC2C1CCNCC1. The Morgan fingerprint density at radius 2 is 2.00 bits per heavy atom. The van der Waals surface area contributed by atoms with Crippen LogP contribution >= 0.6 is 0 Å². The first-order chi connectivity index (χ1) is 9.22. The summed E-state index contributed by atoms with van der Waals surface area (Å²) in [6, 6.07) is 4.32. The van der Waals surface area contributed by atoms with Gasteiger partial charge >= 0.3 is 0 Å². The fourth-order valence-electron chi connectivity index (χ4n) is 3.82. The number of hydrogen-bond donors (Lipinski definition) is 1. The van der Waals surface area contributed by atoms with Gasteiger partial charge in [-0.3, -0.25) is 0 Å². The highest BCUT2D eigenvalue weighted by Gasteiger charge is 2.36. The van der Waals surface area contributed by atoms with E-state index in [4.69, 9.17) is 4.74 Å². The summed E-state index contributed by atoms with van der Waals surface area (Å²) >= 11 is 0. The highest BCUT2D eigenvalue weighted by Crippen LogP contribution is 2.48. The molecule has 1 saturated heterocycles. The molecule has 2 heterocycles. The third kappa shape index (κ3) is 2.10. The zero-order chi connectivity index (χ0) is 13.4. The first-order valence-corrected chi connectivity index (χ1v) is 7.31. The summed E-state index contributed by atoms with van der Waals surface area (Å²) in [6.07, 6.45) is 2.60. The average molecular weight is 260 g/mol. The van der Waals surface area contributed by atoms with E-state index in [0.717, 1.165) is 18.2 Å². The van der Waals surface area contributed by atoms with Crippen molar-refractivity contribution < 1.29 is 4.74 Å². The van der Waals surface area contributed by atoms with Gasteiger partial charge in [0, 0.05) is 19.5 Å². The van der Waals surface area contributed by atoms with Crippen LogP contribution in [0.1, 0.15) is 29.9 Å². The number of rotatable bonds is 2. The second-order valence-electron chi connectivity index (χ2n) is 5.92. The molecule has 0 aromatic heterocycles. The summed E-state index contributed by atoms with van der Waals surface area (Å²) in [7, 11) is 3.97. The van der Waals surface area contributed by atoms with Crippen molar-refractivity contribution in [3.05, 3.63) is 23.3 Å². The van der Waals surface area contributed by atoms with E-state index in [9.17, 15) is 0 Å². The normalized spacial score (nSPS) is 23.5. The maximum Gasteiger partial charge on any atom is 0.142 e. The second kappa shape index (κ2) is 5.04. The number of aryl methyl sites for hydroxylation is 1. The molecule has 1 aromatic carbocycles. The first kappa shape index (κ1) is 12.8. The lowest BCUT2D eigenvalue weighted by Gasteiger charge is -2.29. The molecule has 104 valence electrons. The molecule has 0 amide bonds. The fraction of sp³-hybridized carbons (Fsp3) is 0.625. The van der Waals surface area contributed by atoms with Crippen LogP contribution in [0.5, 0.6) is 5.75 Å². The quantitative estimate of drug-likeness (QED) is 0.884. The summed E-state index contributed by atoms with van der Waals surface area (Å²) < 4.78 is 5.56. The van der Waals surface area contributed by atoms with Gasteiger partial charge in [-0.15, -0.1) is 0 Å². The molecule has 1 N–H and O–H groups in total. The molecule has 0 spiro atoms. The minimum Gasteiger partial charge on any atom is -0.495 e. The number of fused-ring (bicyclic) bond motifs is 1. The van der Waals surface area contributed by atoms with E-state index in [0.29, 0.717) is 5.92 Å². The van der Waals surface area contributed by atoms with E-state index in [1.165, 1.54) is 42.7 Å². The van der Waals surface area contributed by atoms with Crippen LogP contribution in [0.15, 0.2) is 12.1 Å². The van der Waals surface area contributed by atoms with Crippen LogP contribution in [-0.4, -0.2) is 33.8 Å². The number of methoxy groups -OCH3 is 1. The van der Waals surface area contributed by atoms with E-state index in [2.05, 4.69) is 36.3 Å². The van der Waals surface area contributed by atoms with Gasteiger partial charge in [0.2, 0.25) is 0 Å². The van der Waals surface area contributed by atoms with Crippen LogP contribution in [0, 0.1) is 12.8 Å². The zero-order valence-electron chi connectivity index (χ0n) is 12.2. The Balaban J connectivity index is 2.00. The molecule has 0 aliphatic carbocycles. The summed E-state index contributed by atoms with van der Waals surface area (Å²) in [5, 5.41) is 3.47. The number of benzene rings is 1. The summed E-state index contributed by atoms with van der Waals surface area (Å²) in [4.78, 5) is 2.38. The number of ether oxygens (including phenoxy) is 1. The van der Waals surface area contributed by atoms with E-state index in [1.54, 1.807) is 7.11 Å². The van der Waals surface area contributed by atoms with E-state index in [1.807, 2.05) is 0 Å². The average Bonchev–Trinajstić information content (AvgIpc) is 2.80. The molecule has 1 unspecified atom stereocenters. The van der Waals surface area contributed by atoms with Crippen LogP contribution in [0.25, 0.3) is 0 Å². The largest absolute Gasteiger partial charge is 0.495 e. The molecular formula is C16H24N2O. The lowest BCUT2D eigenvalue weighted by Crippen LogP contribution is -2.32. The van der Waals surface area contributed by atoms with Gasteiger partial charge in [0.15, 0.2) is 0 Å². The lowest BCUT2D eigenvalue weighted by atomic mass is 9.80. The monoisotopic (exact) mass is 260 g/mol. The molecule has 19 heavy (non-hydrogen) atoms. The van der Waals surface area contributed by atoms with Crippen LogP contribution in [0.3, 0.4) is 0 Å². The maximum atomic E-state index is 5.56. The fourth-order valence-corrected chi connectivity index (χ4v) is 3.82. The zero-order valence-corrected chi connectivity index (χ0v) is 12.2. The Labute approximate surface area is 115 Å². The molecule has 0 bridgehead atoms. The molecule has 0 radical (unpaired) electrons. The molecular weight excluding hydrogens is 236 g/mol. The van der Waals surface area contributed by atoms with Crippen LogP contribution in [-0.2, 0) is 0 Å². The smallest absolute Gasteiger partial charge is 0.142 e. The summed E-state index contributed by atoms with van der Waals surface area (Å²) in [5.74, 6) is 2.52. The van der Waals surface area contributed by atoms with Gasteiger partial charge in [-0.1, -0.05) is 6.07 Å². The molecule has 2 aliphatic rings. The van der Waals surface area contributed by atoms with Crippen molar-refractivity contribution in [3.63, 3.8) is 0 Å². The van der Waals surface area contributed by atoms with Crippen molar-refractivity contribution in [2.45, 2.75) is 25.7 Å². The Morgan fingerprint density at radius 1 is 1.26 bits per heavy atom. The third-order valence-electron chi connectivity index (χ3n) is 4.79. The molecule has 2 aliphatic heterocycles. The Hall–Kier alpha value is -1.22. The molecule has 0 saturated carbocycles. The Kier molecular flexibility index (Phi) is 3.40. The van der Waals surface area contributed by atoms with Crippen molar-refractivity contribution in [1.82, 2.24) is 5.32 Å². The molecule has 1 aromatic rings. The minimum atomic E-state index is 0.678. The van der Waals surface area contributed by atoms with Gasteiger partial charge in [0.25, 0.3) is 0 Å². The van der Waals surface area contributed by atoms with Crippen molar-refractivity contribution in [2.75, 3.05) is 38.7 Å². The number of hydrogen-bond acceptors (Lipinski definition) is 3. The van der Waals surface area contributed by atoms with E-state index < -0.39 is 0 Å². The van der Waals surface area contributed by atoms with Crippen molar-refractivity contribution >= 4 is 5.69 Å². The van der Waals surface area contributed by atoms with Gasteiger partial charge in [-0.05, 0) is 56.0 Å². The number of nitrogens with zero attached hydrogens (tertiary/aromatic N) is 1. The maximum absolute atomic E-state index is 5.56. The van der Waals surface area contributed by atoms with Crippen LogP contribution in [0.2, 0.25) is 0 Å². The number of piperidine rings is 1. The van der Waals surface area contributed by atoms with E-state index >= 15 is 0 Å². The molecule has 3 heteroatoms. The van der Waals surface area contributed by atoms with Gasteiger partial charge in [-0.2, -0.15) is 0 Å². The predicted octanol–water partition coefficient (Wildman–Crippen LogP) is 2.54. The van der Waals surface area contributed by atoms with Crippen molar-refractivity contribution in [2.24, 2.45) is 5.92 Å². The Morgan fingerprint density at radius 3 is 2.68 bits per heavy atom. The van der Waals surface area contributed by atoms with Gasteiger partial charge in [0.05, 0.1) is 12.8 Å². The molecule has 3 nitrogen and oxygen atoms in total. The number of anilines is 1. The van der Waals surface area contributed by atoms with Crippen molar-refractivity contribution in [1.29, 1.82) is 0 Å². The minimum absolute atomic E-state index is 0.678. The standard InChI is InChI=1S/C16H24N2O/c1-11-4-5-14(19-3)16-15(11)13(10-18(16)2)12-6-8-17-9-7-12/h4-5,12-13,17H,6-10H2,1-3H3. The van der Waals surface area contributed by atoms with Gasteiger partial charge in [-0.25, -0.2) is 0 Å². The Bertz CT molecular complexity index is 466. The highest BCUT2D eigenvalue weighted by molar-refractivity contribution is 5.70. The second-order valence-corrected chi connectivity index (χ2v) is 5.92. The number of nitrogens with one attached hydrogen (secondary N) is 1. The third-order valence-corrected chi connectivity index (χ3v) is 4.79.